The summed E-state index contributed by atoms with van der Waals surface area (Å²) in [6.45, 7) is 5.61. The van der Waals surface area contributed by atoms with Crippen LogP contribution in [0.4, 0.5) is 4.39 Å². The molecule has 2 nitrogen and oxygen atoms in total. The molecule has 0 aromatic heterocycles. The van der Waals surface area contributed by atoms with E-state index in [2.05, 4.69) is 12.2 Å². The van der Waals surface area contributed by atoms with Gasteiger partial charge in [0, 0.05) is 6.54 Å². The number of hydrogen-bond acceptors (Lipinski definition) is 2. The van der Waals surface area contributed by atoms with Crippen LogP contribution in [0.25, 0.3) is 0 Å². The van der Waals surface area contributed by atoms with Crippen LogP contribution in [0, 0.1) is 12.7 Å². The fraction of sp³-hybridized carbons (Fsp3) is 0.250. The zero-order valence-electron chi connectivity index (χ0n) is 11.2. The van der Waals surface area contributed by atoms with Crippen molar-refractivity contribution < 1.29 is 9.13 Å². The highest BCUT2D eigenvalue weighted by molar-refractivity contribution is 5.35. The number of nitrogens with one attached hydrogen (secondary N) is 1. The van der Waals surface area contributed by atoms with E-state index in [9.17, 15) is 4.39 Å². The van der Waals surface area contributed by atoms with Crippen LogP contribution in [-0.2, 0) is 6.54 Å². The summed E-state index contributed by atoms with van der Waals surface area (Å²) >= 11 is 0. The van der Waals surface area contributed by atoms with Gasteiger partial charge in [-0.05, 0) is 54.9 Å². The summed E-state index contributed by atoms with van der Waals surface area (Å²) in [5, 5.41) is 3.26. The average molecular weight is 259 g/mol. The highest BCUT2D eigenvalue weighted by Crippen LogP contribution is 2.23. The van der Waals surface area contributed by atoms with Crippen molar-refractivity contribution in [2.24, 2.45) is 0 Å². The number of hydrogen-bond donors (Lipinski definition) is 1. The highest BCUT2D eigenvalue weighted by atomic mass is 19.1. The Balaban J connectivity index is 2.04. The maximum absolute atomic E-state index is 13.1. The van der Waals surface area contributed by atoms with Crippen molar-refractivity contribution in [1.29, 1.82) is 0 Å². The lowest BCUT2D eigenvalue weighted by molar-refractivity contribution is 0.479. The van der Waals surface area contributed by atoms with E-state index in [0.717, 1.165) is 18.8 Å². The second-order valence-corrected chi connectivity index (χ2v) is 4.44. The Morgan fingerprint density at radius 1 is 1.05 bits per heavy atom. The zero-order chi connectivity index (χ0) is 13.7. The monoisotopic (exact) mass is 259 g/mol. The summed E-state index contributed by atoms with van der Waals surface area (Å²) in [6.07, 6.45) is 0. The Morgan fingerprint density at radius 2 is 1.74 bits per heavy atom. The van der Waals surface area contributed by atoms with Gasteiger partial charge in [-0.15, -0.1) is 0 Å². The Morgan fingerprint density at radius 3 is 2.37 bits per heavy atom. The smallest absolute Gasteiger partial charge is 0.127 e. The van der Waals surface area contributed by atoms with Gasteiger partial charge in [0.2, 0.25) is 0 Å². The van der Waals surface area contributed by atoms with E-state index in [0.29, 0.717) is 11.3 Å². The van der Waals surface area contributed by atoms with Crippen LogP contribution in [0.3, 0.4) is 0 Å². The molecule has 0 atom stereocenters. The molecule has 0 aliphatic rings. The molecule has 0 heterocycles. The molecule has 0 bridgehead atoms. The van der Waals surface area contributed by atoms with E-state index in [-0.39, 0.29) is 5.82 Å². The molecule has 2 aromatic carbocycles. The summed E-state index contributed by atoms with van der Waals surface area (Å²) in [7, 11) is 0. The standard InChI is InChI=1S/C16H18FNO/c1-3-18-11-13-4-6-14(7-5-13)19-15-8-9-16(17)12(2)10-15/h4-10,18H,3,11H2,1-2H3. The lowest BCUT2D eigenvalue weighted by Gasteiger charge is -2.08. The molecular weight excluding hydrogens is 241 g/mol. The third-order valence-corrected chi connectivity index (χ3v) is 2.87. The number of ether oxygens (including phenoxy) is 1. The minimum atomic E-state index is -0.215. The summed E-state index contributed by atoms with van der Waals surface area (Å²) in [4.78, 5) is 0. The van der Waals surface area contributed by atoms with Gasteiger partial charge in [0.1, 0.15) is 17.3 Å². The van der Waals surface area contributed by atoms with Crippen LogP contribution in [0.15, 0.2) is 42.5 Å². The fourth-order valence-electron chi connectivity index (χ4n) is 1.76. The van der Waals surface area contributed by atoms with Gasteiger partial charge in [-0.1, -0.05) is 19.1 Å². The van der Waals surface area contributed by atoms with Gasteiger partial charge in [0.15, 0.2) is 0 Å². The minimum absolute atomic E-state index is 0.215. The molecule has 0 saturated heterocycles. The maximum Gasteiger partial charge on any atom is 0.127 e. The first kappa shape index (κ1) is 13.6. The van der Waals surface area contributed by atoms with E-state index in [1.165, 1.54) is 11.6 Å². The van der Waals surface area contributed by atoms with Crippen molar-refractivity contribution in [1.82, 2.24) is 5.32 Å². The van der Waals surface area contributed by atoms with Gasteiger partial charge in [-0.3, -0.25) is 0 Å². The van der Waals surface area contributed by atoms with Crippen molar-refractivity contribution in [3.63, 3.8) is 0 Å². The molecule has 2 rings (SSSR count). The number of halogens is 1. The summed E-state index contributed by atoms with van der Waals surface area (Å²) < 4.78 is 18.8. The molecule has 100 valence electrons. The first-order valence-corrected chi connectivity index (χ1v) is 6.42. The molecule has 0 radical (unpaired) electrons. The normalized spacial score (nSPS) is 10.5. The second kappa shape index (κ2) is 6.34. The van der Waals surface area contributed by atoms with Crippen LogP contribution < -0.4 is 10.1 Å². The second-order valence-electron chi connectivity index (χ2n) is 4.44. The van der Waals surface area contributed by atoms with Crippen molar-refractivity contribution in [2.75, 3.05) is 6.54 Å². The fourth-order valence-corrected chi connectivity index (χ4v) is 1.76. The highest BCUT2D eigenvalue weighted by Gasteiger charge is 2.01. The van der Waals surface area contributed by atoms with E-state index in [1.54, 1.807) is 19.1 Å². The van der Waals surface area contributed by atoms with Crippen molar-refractivity contribution >= 4 is 0 Å². The third-order valence-electron chi connectivity index (χ3n) is 2.87. The van der Waals surface area contributed by atoms with E-state index in [1.807, 2.05) is 24.3 Å². The van der Waals surface area contributed by atoms with E-state index in [4.69, 9.17) is 4.74 Å². The van der Waals surface area contributed by atoms with Crippen molar-refractivity contribution in [3.8, 4) is 11.5 Å². The quantitative estimate of drug-likeness (QED) is 0.875. The average Bonchev–Trinajstić information content (AvgIpc) is 2.42. The molecule has 1 N–H and O–H groups in total. The van der Waals surface area contributed by atoms with Crippen LogP contribution >= 0.6 is 0 Å². The van der Waals surface area contributed by atoms with Gasteiger partial charge >= 0.3 is 0 Å². The molecule has 0 aliphatic carbocycles. The van der Waals surface area contributed by atoms with Crippen LogP contribution in [0.1, 0.15) is 18.1 Å². The summed E-state index contributed by atoms with van der Waals surface area (Å²) in [5.74, 6) is 1.19. The largest absolute Gasteiger partial charge is 0.457 e. The number of aryl methyl sites for hydroxylation is 1. The van der Waals surface area contributed by atoms with Gasteiger partial charge < -0.3 is 10.1 Å². The Kier molecular flexibility index (Phi) is 4.53. The topological polar surface area (TPSA) is 21.3 Å². The predicted octanol–water partition coefficient (Wildman–Crippen LogP) is 4.04. The van der Waals surface area contributed by atoms with Gasteiger partial charge in [0.05, 0.1) is 0 Å². The zero-order valence-corrected chi connectivity index (χ0v) is 11.2. The lowest BCUT2D eigenvalue weighted by atomic mass is 10.2. The minimum Gasteiger partial charge on any atom is -0.457 e. The predicted molar refractivity (Wildman–Crippen MR) is 75.0 cm³/mol. The van der Waals surface area contributed by atoms with Crippen LogP contribution in [0.5, 0.6) is 11.5 Å². The molecule has 0 amide bonds. The number of benzene rings is 2. The van der Waals surface area contributed by atoms with Gasteiger partial charge in [-0.2, -0.15) is 0 Å². The van der Waals surface area contributed by atoms with Gasteiger partial charge in [-0.25, -0.2) is 4.39 Å². The van der Waals surface area contributed by atoms with Gasteiger partial charge in [0.25, 0.3) is 0 Å². The summed E-state index contributed by atoms with van der Waals surface area (Å²) in [6, 6.07) is 12.6. The Labute approximate surface area is 113 Å². The maximum atomic E-state index is 13.1. The molecule has 2 aromatic rings. The Hall–Kier alpha value is -1.87. The Bertz CT molecular complexity index is 537. The molecular formula is C16H18FNO. The molecule has 0 fully saturated rings. The molecule has 0 spiro atoms. The van der Waals surface area contributed by atoms with Crippen molar-refractivity contribution in [3.05, 3.63) is 59.4 Å². The summed E-state index contributed by atoms with van der Waals surface area (Å²) in [5.41, 5.74) is 1.80. The third kappa shape index (κ3) is 3.80. The number of rotatable bonds is 5. The SMILES string of the molecule is CCNCc1ccc(Oc2ccc(F)c(C)c2)cc1. The van der Waals surface area contributed by atoms with E-state index >= 15 is 0 Å². The van der Waals surface area contributed by atoms with Crippen LogP contribution in [-0.4, -0.2) is 6.54 Å². The molecule has 19 heavy (non-hydrogen) atoms. The van der Waals surface area contributed by atoms with Crippen molar-refractivity contribution in [2.45, 2.75) is 20.4 Å². The molecule has 0 saturated carbocycles. The molecule has 0 unspecified atom stereocenters. The van der Waals surface area contributed by atoms with E-state index < -0.39 is 0 Å². The first-order valence-electron chi connectivity index (χ1n) is 6.42. The molecule has 0 aliphatic heterocycles. The molecule has 3 heteroatoms. The first-order chi connectivity index (χ1) is 9.19. The van der Waals surface area contributed by atoms with Crippen LogP contribution in [0.2, 0.25) is 0 Å². The lowest BCUT2D eigenvalue weighted by Crippen LogP contribution is -2.11.